The summed E-state index contributed by atoms with van der Waals surface area (Å²) in [5.41, 5.74) is 1.98. The van der Waals surface area contributed by atoms with Crippen LogP contribution in [0.4, 0.5) is 4.39 Å². The van der Waals surface area contributed by atoms with Crippen LogP contribution in [-0.4, -0.2) is 94.6 Å². The molecule has 2 aromatic heterocycles. The summed E-state index contributed by atoms with van der Waals surface area (Å²) in [7, 11) is 1.41. The number of benzene rings is 2. The lowest BCUT2D eigenvalue weighted by atomic mass is 9.97. The number of rotatable bonds is 5. The summed E-state index contributed by atoms with van der Waals surface area (Å²) < 4.78 is 31.7. The van der Waals surface area contributed by atoms with Crippen molar-refractivity contribution in [3.8, 4) is 17.2 Å². The molecule has 0 saturated heterocycles. The van der Waals surface area contributed by atoms with Crippen molar-refractivity contribution in [1.29, 1.82) is 0 Å². The zero-order valence-corrected chi connectivity index (χ0v) is 32.7. The molecular weight excluding hydrogens is 741 g/mol. The van der Waals surface area contributed by atoms with Crippen molar-refractivity contribution in [1.82, 2.24) is 36.3 Å². The predicted molar refractivity (Wildman–Crippen MR) is 205 cm³/mol. The van der Waals surface area contributed by atoms with Crippen LogP contribution in [0.25, 0.3) is 11.1 Å². The number of carbonyl (C=O) groups is 5. The number of carbonyl (C=O) groups excluding carboxylic acids is 5. The van der Waals surface area contributed by atoms with E-state index in [1.54, 1.807) is 26.8 Å². The fraction of sp³-hybridized carbons (Fsp3) is 0.425. The number of aliphatic hydroxyl groups excluding tert-OH is 1. The molecule has 57 heavy (non-hydrogen) atoms. The Morgan fingerprint density at radius 1 is 1.02 bits per heavy atom. The number of amides is 5. The Hall–Kier alpha value is -6.10. The predicted octanol–water partition coefficient (Wildman–Crippen LogP) is 3.46. The van der Waals surface area contributed by atoms with Gasteiger partial charge in [0, 0.05) is 49.9 Å². The highest BCUT2D eigenvalue weighted by Gasteiger charge is 2.32. The number of aromatic nitrogens is 2. The topological polar surface area (TPSA) is 214 Å². The van der Waals surface area contributed by atoms with Gasteiger partial charge >= 0.3 is 0 Å². The van der Waals surface area contributed by atoms with Crippen molar-refractivity contribution in [3.63, 3.8) is 0 Å². The highest BCUT2D eigenvalue weighted by Crippen LogP contribution is 2.33. The van der Waals surface area contributed by atoms with Gasteiger partial charge in [0.25, 0.3) is 17.5 Å². The van der Waals surface area contributed by atoms with E-state index in [4.69, 9.17) is 14.0 Å². The molecule has 0 aliphatic carbocycles. The molecular formula is C40H48FN7O9. The van der Waals surface area contributed by atoms with Gasteiger partial charge in [0.1, 0.15) is 23.7 Å². The standard InChI is InChI=1S/C40H48FN7O9/c1-7-21(2)34-37(52)43-20-25-16-27(41)19-28(17-25)56-31-18-26(10-11-30(31)55-6)36(51)42-12-14-48(13-8-9-32(50)45-35(24(5)49)38(53)46-34)40(54)29-15-22(3)44-39-33(29)23(4)47-57-39/h10-11,15-19,21,24,34-35,49H,7-9,12-14,20H2,1-6H3,(H,42,51)(H,43,52)(H,45,50)(H,46,53)/t21-,24+,34-,35-/m0/s1. The van der Waals surface area contributed by atoms with Crippen LogP contribution in [0, 0.1) is 25.6 Å². The normalized spacial score (nSPS) is 18.9. The molecule has 16 nitrogen and oxygen atoms in total. The second-order valence-electron chi connectivity index (χ2n) is 14.0. The molecule has 304 valence electrons. The maximum atomic E-state index is 14.9. The molecule has 0 spiro atoms. The molecule has 2 aromatic carbocycles. The molecule has 17 heteroatoms. The van der Waals surface area contributed by atoms with Crippen LogP contribution in [0.15, 0.2) is 47.0 Å². The van der Waals surface area contributed by atoms with Gasteiger partial charge in [-0.1, -0.05) is 25.4 Å². The average molecular weight is 790 g/mol. The highest BCUT2D eigenvalue weighted by atomic mass is 19.1. The zero-order chi connectivity index (χ0) is 41.4. The lowest BCUT2D eigenvalue weighted by Crippen LogP contribution is -2.58. The minimum absolute atomic E-state index is 0.00934. The Balaban J connectivity index is 1.48. The summed E-state index contributed by atoms with van der Waals surface area (Å²) in [5, 5.41) is 25.7. The van der Waals surface area contributed by atoms with E-state index < -0.39 is 53.5 Å². The molecule has 5 amide bonds. The van der Waals surface area contributed by atoms with E-state index in [0.29, 0.717) is 28.8 Å². The molecule has 0 unspecified atom stereocenters. The summed E-state index contributed by atoms with van der Waals surface area (Å²) in [6.07, 6.45) is -0.823. The number of fused-ring (bicyclic) bond motifs is 5. The first-order valence-electron chi connectivity index (χ1n) is 18.7. The van der Waals surface area contributed by atoms with E-state index in [1.165, 1.54) is 49.3 Å². The lowest BCUT2D eigenvalue weighted by Gasteiger charge is -2.28. The summed E-state index contributed by atoms with van der Waals surface area (Å²) in [5.74, 6) is -3.42. The average Bonchev–Trinajstić information content (AvgIpc) is 3.55. The molecule has 0 saturated carbocycles. The summed E-state index contributed by atoms with van der Waals surface area (Å²) >= 11 is 0. The molecule has 1 aliphatic rings. The molecule has 3 heterocycles. The van der Waals surface area contributed by atoms with E-state index >= 15 is 0 Å². The highest BCUT2D eigenvalue weighted by molar-refractivity contribution is 6.06. The molecule has 4 atom stereocenters. The van der Waals surface area contributed by atoms with Crippen LogP contribution in [-0.2, 0) is 20.9 Å². The number of aliphatic hydroxyl groups is 1. The Labute approximate surface area is 328 Å². The van der Waals surface area contributed by atoms with Crippen molar-refractivity contribution in [3.05, 3.63) is 76.4 Å². The molecule has 1 aliphatic heterocycles. The second-order valence-corrected chi connectivity index (χ2v) is 14.0. The van der Waals surface area contributed by atoms with E-state index in [1.807, 2.05) is 6.92 Å². The first-order chi connectivity index (χ1) is 27.2. The Kier molecular flexibility index (Phi) is 13.8. The molecule has 4 bridgehead atoms. The Bertz CT molecular complexity index is 2140. The molecule has 4 aromatic rings. The maximum Gasteiger partial charge on any atom is 0.258 e. The number of halogens is 1. The molecule has 5 N–H and O–H groups in total. The Morgan fingerprint density at radius 2 is 1.79 bits per heavy atom. The van der Waals surface area contributed by atoms with Gasteiger partial charge in [-0.05, 0) is 75.1 Å². The number of hydrogen-bond acceptors (Lipinski definition) is 11. The number of methoxy groups -OCH3 is 1. The third-order valence-electron chi connectivity index (χ3n) is 9.69. The monoisotopic (exact) mass is 789 g/mol. The van der Waals surface area contributed by atoms with Crippen LogP contribution >= 0.6 is 0 Å². The minimum Gasteiger partial charge on any atom is -0.493 e. The molecule has 0 fully saturated rings. The van der Waals surface area contributed by atoms with E-state index in [-0.39, 0.29) is 79.0 Å². The molecule has 5 rings (SSSR count). The van der Waals surface area contributed by atoms with Crippen LogP contribution in [0.3, 0.4) is 0 Å². The number of nitrogens with zero attached hydrogens (tertiary/aromatic N) is 3. The van der Waals surface area contributed by atoms with Crippen LogP contribution in [0.2, 0.25) is 0 Å². The van der Waals surface area contributed by atoms with Gasteiger partial charge in [0.05, 0.1) is 29.9 Å². The van der Waals surface area contributed by atoms with Crippen molar-refractivity contribution in [2.45, 2.75) is 78.6 Å². The first-order valence-corrected chi connectivity index (χ1v) is 18.7. The van der Waals surface area contributed by atoms with Gasteiger partial charge in [-0.25, -0.2) is 9.37 Å². The fourth-order valence-electron chi connectivity index (χ4n) is 6.41. The summed E-state index contributed by atoms with van der Waals surface area (Å²) in [6, 6.07) is 7.50. The zero-order valence-electron chi connectivity index (χ0n) is 32.7. The lowest BCUT2D eigenvalue weighted by molar-refractivity contribution is -0.135. The van der Waals surface area contributed by atoms with Crippen molar-refractivity contribution >= 4 is 40.6 Å². The smallest absolute Gasteiger partial charge is 0.258 e. The SMILES string of the molecule is CC[C@H](C)[C@@H]1NC(=O)[C@H]([C@@H](C)O)NC(=O)CCCN(C(=O)c2cc(C)nc3onc(C)c23)CCNC(=O)c2ccc(OC)c(c2)Oc2cc(F)cc(c2)CNC1=O. The molecule has 0 radical (unpaired) electrons. The second kappa shape index (κ2) is 18.7. The number of nitrogens with one attached hydrogen (secondary N) is 4. The maximum absolute atomic E-state index is 14.9. The van der Waals surface area contributed by atoms with Gasteiger partial charge in [-0.15, -0.1) is 0 Å². The van der Waals surface area contributed by atoms with Gasteiger partial charge < -0.3 is 45.3 Å². The Morgan fingerprint density at radius 3 is 2.51 bits per heavy atom. The number of hydrogen-bond donors (Lipinski definition) is 5. The number of pyridine rings is 1. The third-order valence-corrected chi connectivity index (χ3v) is 9.69. The van der Waals surface area contributed by atoms with Gasteiger partial charge in [-0.2, -0.15) is 0 Å². The number of aryl methyl sites for hydroxylation is 2. The van der Waals surface area contributed by atoms with Crippen molar-refractivity contribution < 1.29 is 47.5 Å². The van der Waals surface area contributed by atoms with Crippen LogP contribution in [0.5, 0.6) is 17.2 Å². The minimum atomic E-state index is -1.41. The summed E-state index contributed by atoms with van der Waals surface area (Å²) in [4.78, 5) is 73.6. The van der Waals surface area contributed by atoms with Crippen LogP contribution < -0.4 is 30.7 Å². The van der Waals surface area contributed by atoms with E-state index in [0.717, 1.165) is 6.07 Å². The first kappa shape index (κ1) is 42.1. The fourth-order valence-corrected chi connectivity index (χ4v) is 6.41. The van der Waals surface area contributed by atoms with Gasteiger partial charge in [0.2, 0.25) is 17.7 Å². The summed E-state index contributed by atoms with van der Waals surface area (Å²) in [6.45, 7) is 8.31. The van der Waals surface area contributed by atoms with Crippen LogP contribution in [0.1, 0.15) is 77.7 Å². The van der Waals surface area contributed by atoms with Gasteiger partial charge in [-0.3, -0.25) is 24.0 Å². The largest absolute Gasteiger partial charge is 0.493 e. The quantitative estimate of drug-likeness (QED) is 0.198. The number of ether oxygens (including phenoxy) is 2. The van der Waals surface area contributed by atoms with Gasteiger partial charge in [0.15, 0.2) is 11.5 Å². The van der Waals surface area contributed by atoms with E-state index in [2.05, 4.69) is 31.4 Å². The van der Waals surface area contributed by atoms with Crippen molar-refractivity contribution in [2.75, 3.05) is 26.7 Å². The van der Waals surface area contributed by atoms with Crippen molar-refractivity contribution in [2.24, 2.45) is 5.92 Å². The third kappa shape index (κ3) is 10.4. The van der Waals surface area contributed by atoms with E-state index in [9.17, 15) is 33.5 Å².